The van der Waals surface area contributed by atoms with Crippen LogP contribution < -0.4 is 15.0 Å². The van der Waals surface area contributed by atoms with Crippen molar-refractivity contribution in [2.24, 2.45) is 0 Å². The number of hydrogen-bond acceptors (Lipinski definition) is 7. The van der Waals surface area contributed by atoms with Gasteiger partial charge in [0, 0.05) is 55.0 Å². The molecule has 0 radical (unpaired) electrons. The largest absolute Gasteiger partial charge is 0.492 e. The summed E-state index contributed by atoms with van der Waals surface area (Å²) in [5.74, 6) is 0.140. The lowest BCUT2D eigenvalue weighted by molar-refractivity contribution is -0.385. The predicted molar refractivity (Wildman–Crippen MR) is 170 cm³/mol. The Morgan fingerprint density at radius 2 is 1.73 bits per heavy atom. The van der Waals surface area contributed by atoms with Crippen LogP contribution in [-0.2, 0) is 14.9 Å². The van der Waals surface area contributed by atoms with Crippen molar-refractivity contribution in [1.29, 1.82) is 0 Å². The van der Waals surface area contributed by atoms with Crippen molar-refractivity contribution >= 4 is 28.9 Å². The van der Waals surface area contributed by atoms with Gasteiger partial charge in [0.05, 0.1) is 18.1 Å². The van der Waals surface area contributed by atoms with Gasteiger partial charge in [0.2, 0.25) is 5.91 Å². The Bertz CT molecular complexity index is 1560. The smallest absolute Gasteiger partial charge is 0.282 e. The first-order chi connectivity index (χ1) is 20.9. The summed E-state index contributed by atoms with van der Waals surface area (Å²) in [6, 6.07) is 18.0. The van der Waals surface area contributed by atoms with Crippen molar-refractivity contribution in [2.75, 3.05) is 49.7 Å². The Morgan fingerprint density at radius 1 is 1.02 bits per heavy atom. The Balaban J connectivity index is 1.45. The molecule has 44 heavy (non-hydrogen) atoms. The molecule has 0 saturated carbocycles. The number of benzene rings is 3. The molecule has 1 N–H and O–H groups in total. The molecular weight excluding hydrogens is 560 g/mol. The van der Waals surface area contributed by atoms with Gasteiger partial charge in [-0.2, -0.15) is 0 Å². The normalized spacial score (nSPS) is 19.6. The van der Waals surface area contributed by atoms with Crippen LogP contribution in [0, 0.1) is 17.0 Å². The van der Waals surface area contributed by atoms with E-state index in [1.54, 1.807) is 26.0 Å². The van der Waals surface area contributed by atoms with Crippen molar-refractivity contribution in [3.05, 3.63) is 93.0 Å². The van der Waals surface area contributed by atoms with Gasteiger partial charge in [0.25, 0.3) is 11.6 Å². The minimum absolute atomic E-state index is 0.00816. The zero-order valence-electron chi connectivity index (χ0n) is 26.0. The molecule has 2 amide bonds. The first-order valence-corrected chi connectivity index (χ1v) is 14.9. The molecule has 3 aromatic rings. The number of rotatable bonds is 8. The third kappa shape index (κ3) is 6.32. The van der Waals surface area contributed by atoms with Gasteiger partial charge in [-0.15, -0.1) is 0 Å². The average molecular weight is 601 g/mol. The molecule has 0 aliphatic carbocycles. The zero-order valence-corrected chi connectivity index (χ0v) is 26.0. The Kier molecular flexibility index (Phi) is 8.76. The number of carbonyl (C=O) groups excluding carboxylic acids is 2. The number of nitro groups is 1. The SMILES string of the molecule is CC(=O)N1c2ccc(NC(=O)c3cc(C)ccc3[N+](=O)[O-])cc2C(C)(c2ccc(OCCN3CCOCC3)cc2)CC1(C)C. The lowest BCUT2D eigenvalue weighted by Crippen LogP contribution is -2.55. The number of nitrogens with zero attached hydrogens (tertiary/aromatic N) is 3. The third-order valence-electron chi connectivity index (χ3n) is 8.66. The van der Waals surface area contributed by atoms with E-state index >= 15 is 0 Å². The molecule has 2 aliphatic heterocycles. The summed E-state index contributed by atoms with van der Waals surface area (Å²) in [6.45, 7) is 14.4. The van der Waals surface area contributed by atoms with Crippen molar-refractivity contribution in [3.8, 4) is 5.75 Å². The minimum Gasteiger partial charge on any atom is -0.492 e. The van der Waals surface area contributed by atoms with Crippen LogP contribution in [0.1, 0.15) is 61.2 Å². The Morgan fingerprint density at radius 3 is 2.39 bits per heavy atom. The maximum atomic E-state index is 13.3. The Labute approximate surface area is 258 Å². The van der Waals surface area contributed by atoms with Gasteiger partial charge in [-0.25, -0.2) is 0 Å². The third-order valence-corrected chi connectivity index (χ3v) is 8.66. The first-order valence-electron chi connectivity index (χ1n) is 14.9. The number of nitro benzene ring substituents is 1. The van der Waals surface area contributed by atoms with Gasteiger partial charge in [-0.1, -0.05) is 25.1 Å². The topological polar surface area (TPSA) is 114 Å². The lowest BCUT2D eigenvalue weighted by Gasteiger charge is -2.51. The highest BCUT2D eigenvalue weighted by atomic mass is 16.6. The fourth-order valence-corrected chi connectivity index (χ4v) is 6.70. The summed E-state index contributed by atoms with van der Waals surface area (Å²) in [4.78, 5) is 41.4. The molecule has 10 heteroatoms. The molecule has 1 saturated heterocycles. The number of anilines is 2. The number of nitrogens with one attached hydrogen (secondary N) is 1. The molecule has 2 aliphatic rings. The highest BCUT2D eigenvalue weighted by Gasteiger charge is 2.47. The molecule has 0 bridgehead atoms. The summed E-state index contributed by atoms with van der Waals surface area (Å²) in [5.41, 5.74) is 2.65. The molecule has 3 aromatic carbocycles. The van der Waals surface area contributed by atoms with E-state index in [1.165, 1.54) is 12.1 Å². The van der Waals surface area contributed by atoms with Crippen molar-refractivity contribution in [3.63, 3.8) is 0 Å². The van der Waals surface area contributed by atoms with Crippen LogP contribution >= 0.6 is 0 Å². The summed E-state index contributed by atoms with van der Waals surface area (Å²) >= 11 is 0. The highest BCUT2D eigenvalue weighted by Crippen LogP contribution is 2.51. The van der Waals surface area contributed by atoms with Crippen LogP contribution in [-0.4, -0.2) is 66.6 Å². The molecule has 2 heterocycles. The second-order valence-corrected chi connectivity index (χ2v) is 12.5. The molecule has 5 rings (SSSR count). The number of aryl methyl sites for hydroxylation is 1. The van der Waals surface area contributed by atoms with Gasteiger partial charge in [0.1, 0.15) is 17.9 Å². The molecule has 0 aromatic heterocycles. The van der Waals surface area contributed by atoms with E-state index < -0.39 is 21.8 Å². The van der Waals surface area contributed by atoms with Gasteiger partial charge in [-0.3, -0.25) is 24.6 Å². The average Bonchev–Trinajstić information content (AvgIpc) is 2.97. The van der Waals surface area contributed by atoms with Crippen LogP contribution in [0.15, 0.2) is 60.7 Å². The highest BCUT2D eigenvalue weighted by molar-refractivity contribution is 6.07. The molecule has 232 valence electrons. The summed E-state index contributed by atoms with van der Waals surface area (Å²) in [7, 11) is 0. The van der Waals surface area contributed by atoms with E-state index in [4.69, 9.17) is 9.47 Å². The molecule has 1 atom stereocenters. The van der Waals surface area contributed by atoms with Gasteiger partial charge in [-0.05, 0) is 80.3 Å². The number of hydrogen-bond donors (Lipinski definition) is 1. The monoisotopic (exact) mass is 600 g/mol. The fourth-order valence-electron chi connectivity index (χ4n) is 6.70. The van der Waals surface area contributed by atoms with Crippen molar-refractivity contribution in [2.45, 2.75) is 52.0 Å². The maximum absolute atomic E-state index is 13.3. The van der Waals surface area contributed by atoms with Crippen molar-refractivity contribution < 1.29 is 24.0 Å². The second kappa shape index (κ2) is 12.4. The summed E-state index contributed by atoms with van der Waals surface area (Å²) in [6.07, 6.45) is 0.630. The molecule has 0 spiro atoms. The van der Waals surface area contributed by atoms with Crippen LogP contribution in [0.4, 0.5) is 17.1 Å². The van der Waals surface area contributed by atoms with Crippen LogP contribution in [0.2, 0.25) is 0 Å². The van der Waals surface area contributed by atoms with E-state index in [1.807, 2.05) is 29.2 Å². The van der Waals surface area contributed by atoms with Crippen LogP contribution in [0.5, 0.6) is 5.75 Å². The Hall–Kier alpha value is -4.28. The number of fused-ring (bicyclic) bond motifs is 1. The molecule has 1 fully saturated rings. The van der Waals surface area contributed by atoms with E-state index in [0.29, 0.717) is 18.7 Å². The molecule has 1 unspecified atom stereocenters. The quantitative estimate of drug-likeness (QED) is 0.260. The molecule has 10 nitrogen and oxygen atoms in total. The molecular formula is C34H40N4O6. The van der Waals surface area contributed by atoms with E-state index in [2.05, 4.69) is 43.1 Å². The summed E-state index contributed by atoms with van der Waals surface area (Å²) < 4.78 is 11.5. The second-order valence-electron chi connectivity index (χ2n) is 12.5. The van der Waals surface area contributed by atoms with E-state index in [-0.39, 0.29) is 17.2 Å². The number of morpholine rings is 1. The maximum Gasteiger partial charge on any atom is 0.282 e. The first kappa shape index (κ1) is 31.2. The van der Waals surface area contributed by atoms with Gasteiger partial charge >= 0.3 is 0 Å². The minimum atomic E-state index is -0.569. The van der Waals surface area contributed by atoms with Crippen molar-refractivity contribution in [1.82, 2.24) is 4.90 Å². The van der Waals surface area contributed by atoms with Crippen LogP contribution in [0.3, 0.4) is 0 Å². The van der Waals surface area contributed by atoms with Crippen LogP contribution in [0.25, 0.3) is 0 Å². The van der Waals surface area contributed by atoms with E-state index in [0.717, 1.165) is 61.0 Å². The van der Waals surface area contributed by atoms with E-state index in [9.17, 15) is 19.7 Å². The standard InChI is InChI=1S/C34H40N4O6/c1-23-6-12-30(38(41)42)28(20-23)32(40)35-26-9-13-31-29(21-26)34(5,22-33(3,4)37(31)24(2)39)25-7-10-27(11-8-25)44-19-16-36-14-17-43-18-15-36/h6-13,20-21H,14-19,22H2,1-5H3,(H,35,40). The fraction of sp³-hybridized carbons (Fsp3) is 0.412. The number of amides is 2. The number of carbonyl (C=O) groups is 2. The zero-order chi connectivity index (χ0) is 31.6. The summed E-state index contributed by atoms with van der Waals surface area (Å²) in [5, 5.41) is 14.5. The number of ether oxygens (including phenoxy) is 2. The van der Waals surface area contributed by atoms with Gasteiger partial charge < -0.3 is 19.7 Å². The predicted octanol–water partition coefficient (Wildman–Crippen LogP) is 5.71. The lowest BCUT2D eigenvalue weighted by atomic mass is 9.65. The van der Waals surface area contributed by atoms with Gasteiger partial charge in [0.15, 0.2) is 0 Å².